The first-order chi connectivity index (χ1) is 14.2. The number of thiophene rings is 1. The zero-order valence-corrected chi connectivity index (χ0v) is 16.9. The standard InChI is InChI=1S/C22H21N5OS/c1-26-13-17(14-26)24-22(28)20-12-16(21-19(25-20)7-10-29-21)11-15-3-5-18(6-4-15)27-9-2-8-23-27/h2-10,12,17H,11,13-14H2,1H3,(H,24,28). The lowest BCUT2D eigenvalue weighted by atomic mass is 10.0. The van der Waals surface area contributed by atoms with E-state index in [9.17, 15) is 4.79 Å². The lowest BCUT2D eigenvalue weighted by Gasteiger charge is -2.36. The summed E-state index contributed by atoms with van der Waals surface area (Å²) in [7, 11) is 2.05. The minimum absolute atomic E-state index is 0.0912. The lowest BCUT2D eigenvalue weighted by Crippen LogP contribution is -2.57. The molecule has 3 aromatic heterocycles. The monoisotopic (exact) mass is 403 g/mol. The molecule has 1 saturated heterocycles. The minimum atomic E-state index is -0.0912. The molecule has 0 radical (unpaired) electrons. The molecule has 6 nitrogen and oxygen atoms in total. The van der Waals surface area contributed by atoms with Gasteiger partial charge in [-0.2, -0.15) is 5.10 Å². The van der Waals surface area contributed by atoms with Crippen molar-refractivity contribution in [1.82, 2.24) is 25.0 Å². The highest BCUT2D eigenvalue weighted by Crippen LogP contribution is 2.27. The summed E-state index contributed by atoms with van der Waals surface area (Å²) >= 11 is 1.67. The zero-order valence-electron chi connectivity index (χ0n) is 16.1. The van der Waals surface area contributed by atoms with Gasteiger partial charge in [0, 0.05) is 25.5 Å². The number of carbonyl (C=O) groups excluding carboxylic acids is 1. The highest BCUT2D eigenvalue weighted by Gasteiger charge is 2.25. The van der Waals surface area contributed by atoms with Gasteiger partial charge in [-0.05, 0) is 60.3 Å². The molecule has 4 heterocycles. The number of amides is 1. The summed E-state index contributed by atoms with van der Waals surface area (Å²) in [5.41, 5.74) is 4.73. The topological polar surface area (TPSA) is 63.1 Å². The van der Waals surface area contributed by atoms with Crippen LogP contribution >= 0.6 is 11.3 Å². The Bertz CT molecular complexity index is 1140. The van der Waals surface area contributed by atoms with Crippen molar-refractivity contribution in [2.24, 2.45) is 0 Å². The summed E-state index contributed by atoms with van der Waals surface area (Å²) < 4.78 is 2.98. The average molecular weight is 404 g/mol. The third-order valence-corrected chi connectivity index (χ3v) is 6.20. The van der Waals surface area contributed by atoms with Gasteiger partial charge in [-0.15, -0.1) is 11.3 Å². The predicted octanol–water partition coefficient (Wildman–Crippen LogP) is 3.12. The number of nitrogens with zero attached hydrogens (tertiary/aromatic N) is 4. The maximum absolute atomic E-state index is 12.7. The van der Waals surface area contributed by atoms with E-state index >= 15 is 0 Å². The van der Waals surface area contributed by atoms with Gasteiger partial charge >= 0.3 is 0 Å². The summed E-state index contributed by atoms with van der Waals surface area (Å²) in [6.07, 6.45) is 4.45. The van der Waals surface area contributed by atoms with Gasteiger partial charge in [0.15, 0.2) is 0 Å². The van der Waals surface area contributed by atoms with E-state index in [1.807, 2.05) is 41.5 Å². The molecule has 0 saturated carbocycles. The van der Waals surface area contributed by atoms with Crippen LogP contribution in [-0.4, -0.2) is 51.8 Å². The summed E-state index contributed by atoms with van der Waals surface area (Å²) in [5, 5.41) is 9.38. The van der Waals surface area contributed by atoms with Crippen LogP contribution in [0.5, 0.6) is 0 Å². The number of hydrogen-bond acceptors (Lipinski definition) is 5. The van der Waals surface area contributed by atoms with Gasteiger partial charge in [0.05, 0.1) is 21.9 Å². The normalized spacial score (nSPS) is 14.8. The van der Waals surface area contributed by atoms with E-state index in [1.165, 1.54) is 5.56 Å². The van der Waals surface area contributed by atoms with Gasteiger partial charge in [-0.1, -0.05) is 12.1 Å². The second kappa shape index (κ2) is 7.42. The summed E-state index contributed by atoms with van der Waals surface area (Å²) in [4.78, 5) is 19.5. The molecule has 0 unspecified atom stereocenters. The lowest BCUT2D eigenvalue weighted by molar-refractivity contribution is 0.0853. The minimum Gasteiger partial charge on any atom is -0.345 e. The van der Waals surface area contributed by atoms with Crippen molar-refractivity contribution in [2.75, 3.05) is 20.1 Å². The average Bonchev–Trinajstić information content (AvgIpc) is 3.39. The second-order valence-corrected chi connectivity index (χ2v) is 8.40. The Hall–Kier alpha value is -3.03. The van der Waals surface area contributed by atoms with Crippen molar-refractivity contribution >= 4 is 27.5 Å². The van der Waals surface area contributed by atoms with Gasteiger partial charge in [-0.25, -0.2) is 9.67 Å². The number of pyridine rings is 1. The number of likely N-dealkylation sites (tertiary alicyclic amines) is 1. The first kappa shape index (κ1) is 18.0. The molecule has 0 spiro atoms. The van der Waals surface area contributed by atoms with Crippen LogP contribution < -0.4 is 5.32 Å². The molecule has 0 atom stereocenters. The Labute approximate surface area is 172 Å². The molecule has 1 aliphatic rings. The van der Waals surface area contributed by atoms with Crippen LogP contribution in [0.15, 0.2) is 60.2 Å². The van der Waals surface area contributed by atoms with Crippen LogP contribution in [-0.2, 0) is 6.42 Å². The van der Waals surface area contributed by atoms with E-state index in [-0.39, 0.29) is 11.9 Å². The third-order valence-electron chi connectivity index (χ3n) is 5.22. The fourth-order valence-electron chi connectivity index (χ4n) is 3.73. The zero-order chi connectivity index (χ0) is 19.8. The molecule has 146 valence electrons. The van der Waals surface area contributed by atoms with Crippen LogP contribution in [0.1, 0.15) is 21.6 Å². The van der Waals surface area contributed by atoms with E-state index in [2.05, 4.69) is 44.6 Å². The van der Waals surface area contributed by atoms with E-state index < -0.39 is 0 Å². The van der Waals surface area contributed by atoms with Gasteiger partial charge in [-0.3, -0.25) is 4.79 Å². The maximum atomic E-state index is 12.7. The molecule has 0 aliphatic carbocycles. The molecule has 0 bridgehead atoms. The van der Waals surface area contributed by atoms with Crippen molar-refractivity contribution in [2.45, 2.75) is 12.5 Å². The van der Waals surface area contributed by atoms with E-state index in [0.717, 1.165) is 41.0 Å². The number of aromatic nitrogens is 3. The molecule has 1 N–H and O–H groups in total. The number of carbonyl (C=O) groups is 1. The molecule has 1 amide bonds. The second-order valence-electron chi connectivity index (χ2n) is 7.49. The van der Waals surface area contributed by atoms with Gasteiger partial charge < -0.3 is 10.2 Å². The number of hydrogen-bond donors (Lipinski definition) is 1. The molecular weight excluding hydrogens is 382 g/mol. The summed E-state index contributed by atoms with van der Waals surface area (Å²) in [5.74, 6) is -0.0912. The first-order valence-corrected chi connectivity index (χ1v) is 10.5. The quantitative estimate of drug-likeness (QED) is 0.556. The van der Waals surface area contributed by atoms with E-state index in [4.69, 9.17) is 0 Å². The van der Waals surface area contributed by atoms with Crippen LogP contribution in [0, 0.1) is 0 Å². The molecule has 1 aromatic carbocycles. The highest BCUT2D eigenvalue weighted by molar-refractivity contribution is 7.17. The number of benzene rings is 1. The predicted molar refractivity (Wildman–Crippen MR) is 115 cm³/mol. The van der Waals surface area contributed by atoms with Gasteiger partial charge in [0.25, 0.3) is 5.91 Å². The highest BCUT2D eigenvalue weighted by atomic mass is 32.1. The SMILES string of the molecule is CN1CC(NC(=O)c2cc(Cc3ccc(-n4cccn4)cc3)c3sccc3n2)C1. The molecule has 1 fully saturated rings. The molecule has 1 aliphatic heterocycles. The maximum Gasteiger partial charge on any atom is 0.270 e. The largest absolute Gasteiger partial charge is 0.345 e. The number of nitrogens with one attached hydrogen (secondary N) is 1. The Balaban J connectivity index is 1.40. The van der Waals surface area contributed by atoms with Crippen molar-refractivity contribution in [1.29, 1.82) is 0 Å². The fourth-order valence-corrected chi connectivity index (χ4v) is 4.58. The van der Waals surface area contributed by atoms with Crippen LogP contribution in [0.4, 0.5) is 0 Å². The number of rotatable bonds is 5. The van der Waals surface area contributed by atoms with Crippen LogP contribution in [0.25, 0.3) is 15.9 Å². The summed E-state index contributed by atoms with van der Waals surface area (Å²) in [6.45, 7) is 1.78. The number of likely N-dealkylation sites (N-methyl/N-ethyl adjacent to an activating group) is 1. The number of fused-ring (bicyclic) bond motifs is 1. The van der Waals surface area contributed by atoms with Gasteiger partial charge in [0.1, 0.15) is 5.69 Å². The van der Waals surface area contributed by atoms with Gasteiger partial charge in [0.2, 0.25) is 0 Å². The van der Waals surface area contributed by atoms with Crippen molar-refractivity contribution in [3.05, 3.63) is 77.1 Å². The Morgan fingerprint density at radius 3 is 2.79 bits per heavy atom. The van der Waals surface area contributed by atoms with Crippen molar-refractivity contribution < 1.29 is 4.79 Å². The molecule has 5 rings (SSSR count). The van der Waals surface area contributed by atoms with E-state index in [0.29, 0.717) is 5.69 Å². The molecule has 29 heavy (non-hydrogen) atoms. The Morgan fingerprint density at radius 2 is 2.07 bits per heavy atom. The third kappa shape index (κ3) is 3.66. The summed E-state index contributed by atoms with van der Waals surface area (Å²) in [6, 6.07) is 14.4. The van der Waals surface area contributed by atoms with Crippen molar-refractivity contribution in [3.63, 3.8) is 0 Å². The first-order valence-electron chi connectivity index (χ1n) is 9.61. The molecule has 7 heteroatoms. The van der Waals surface area contributed by atoms with Crippen LogP contribution in [0.2, 0.25) is 0 Å². The Kier molecular flexibility index (Phi) is 4.61. The molecule has 4 aromatic rings. The molecular formula is C22H21N5OS. The fraction of sp³-hybridized carbons (Fsp3) is 0.227. The van der Waals surface area contributed by atoms with Crippen molar-refractivity contribution in [3.8, 4) is 5.69 Å². The van der Waals surface area contributed by atoms with E-state index in [1.54, 1.807) is 17.5 Å². The van der Waals surface area contributed by atoms with Crippen LogP contribution in [0.3, 0.4) is 0 Å². The smallest absolute Gasteiger partial charge is 0.270 e. The Morgan fingerprint density at radius 1 is 1.24 bits per heavy atom.